The highest BCUT2D eigenvalue weighted by Gasteiger charge is 2.58. The van der Waals surface area contributed by atoms with E-state index in [1.165, 1.54) is 10.5 Å². The molecule has 0 radical (unpaired) electrons. The van der Waals surface area contributed by atoms with Gasteiger partial charge in [-0.05, 0) is 56.4 Å². The number of carbonyl (C=O) groups is 2. The van der Waals surface area contributed by atoms with Gasteiger partial charge >= 0.3 is 5.97 Å². The summed E-state index contributed by atoms with van der Waals surface area (Å²) in [5, 5.41) is 0. The van der Waals surface area contributed by atoms with Crippen molar-refractivity contribution in [3.8, 4) is 5.75 Å². The van der Waals surface area contributed by atoms with Gasteiger partial charge in [0, 0.05) is 5.56 Å². The molecule has 0 unspecified atom stereocenters. The molecule has 3 aliphatic rings. The molecule has 6 heteroatoms. The zero-order valence-electron chi connectivity index (χ0n) is 18.2. The lowest BCUT2D eigenvalue weighted by atomic mass is 9.81. The van der Waals surface area contributed by atoms with Crippen molar-refractivity contribution in [1.82, 2.24) is 0 Å². The molecule has 1 spiro atoms. The zero-order valence-corrected chi connectivity index (χ0v) is 18.2. The summed E-state index contributed by atoms with van der Waals surface area (Å²) in [6.07, 6.45) is 3.31. The summed E-state index contributed by atoms with van der Waals surface area (Å²) in [5.74, 6) is 0.150. The van der Waals surface area contributed by atoms with E-state index in [0.717, 1.165) is 42.6 Å². The Balaban J connectivity index is 1.50. The molecule has 0 saturated carbocycles. The normalized spacial score (nSPS) is 24.0. The van der Waals surface area contributed by atoms with Crippen LogP contribution in [-0.2, 0) is 24.7 Å². The van der Waals surface area contributed by atoms with Gasteiger partial charge in [0.05, 0.1) is 18.4 Å². The van der Waals surface area contributed by atoms with E-state index in [9.17, 15) is 9.59 Å². The Morgan fingerprint density at radius 2 is 1.91 bits per heavy atom. The fourth-order valence-electron chi connectivity index (χ4n) is 5.21. The van der Waals surface area contributed by atoms with Crippen LogP contribution in [-0.4, -0.2) is 37.7 Å². The topological polar surface area (TPSA) is 65.1 Å². The Bertz CT molecular complexity index is 1060. The van der Waals surface area contributed by atoms with Gasteiger partial charge in [-0.15, -0.1) is 0 Å². The van der Waals surface area contributed by atoms with Crippen LogP contribution < -0.4 is 9.64 Å². The fraction of sp³-hybridized carbons (Fsp3) is 0.385. The lowest BCUT2D eigenvalue weighted by Crippen LogP contribution is -2.50. The van der Waals surface area contributed by atoms with Crippen LogP contribution in [0.4, 0.5) is 5.69 Å². The molecule has 2 heterocycles. The number of benzene rings is 2. The van der Waals surface area contributed by atoms with Crippen molar-refractivity contribution in [2.45, 2.75) is 44.3 Å². The maximum Gasteiger partial charge on any atom is 0.326 e. The van der Waals surface area contributed by atoms with Crippen molar-refractivity contribution < 1.29 is 23.8 Å². The molecule has 0 aromatic heterocycles. The minimum absolute atomic E-state index is 0.122. The molecule has 1 aliphatic carbocycles. The molecule has 2 atom stereocenters. The van der Waals surface area contributed by atoms with Crippen LogP contribution in [0.15, 0.2) is 65.7 Å². The first-order chi connectivity index (χ1) is 15.6. The molecule has 5 rings (SSSR count). The van der Waals surface area contributed by atoms with E-state index >= 15 is 0 Å². The molecular weight excluding hydrogens is 406 g/mol. The van der Waals surface area contributed by atoms with E-state index in [1.54, 1.807) is 6.92 Å². The summed E-state index contributed by atoms with van der Waals surface area (Å²) in [7, 11) is 0. The molecule has 2 aromatic carbocycles. The number of hydrogen-bond donors (Lipinski definition) is 0. The second kappa shape index (κ2) is 8.43. The number of fused-ring (bicyclic) bond motifs is 3. The standard InChI is InChI=1S/C26H27NO5/c1-2-30-24(28)16-27-23-14-7-6-12-22(23)26(25(27)29)21-13-8-9-18(21)15-20(32-26)17-31-19-10-4-3-5-11-19/h3-7,10-12,14,20H,2,8-9,13,15-17H2,1H3/t20-,26+/m0/s1. The molecule has 0 saturated heterocycles. The lowest BCUT2D eigenvalue weighted by Gasteiger charge is -2.39. The van der Waals surface area contributed by atoms with Gasteiger partial charge in [0.25, 0.3) is 5.91 Å². The minimum atomic E-state index is -1.18. The SMILES string of the molecule is CCOC(=O)CN1C(=O)[C@]2(O[C@H](COc3ccccc3)CC3=C2CCC3)c2ccccc21. The first kappa shape index (κ1) is 20.8. The summed E-state index contributed by atoms with van der Waals surface area (Å²) < 4.78 is 17.8. The van der Waals surface area contributed by atoms with Crippen molar-refractivity contribution in [3.05, 3.63) is 71.3 Å². The average Bonchev–Trinajstić information content (AvgIpc) is 3.37. The maximum absolute atomic E-state index is 14.0. The van der Waals surface area contributed by atoms with Crippen molar-refractivity contribution in [3.63, 3.8) is 0 Å². The summed E-state index contributed by atoms with van der Waals surface area (Å²) in [4.78, 5) is 27.8. The molecule has 0 fully saturated rings. The van der Waals surface area contributed by atoms with E-state index < -0.39 is 11.6 Å². The van der Waals surface area contributed by atoms with E-state index in [1.807, 2.05) is 54.6 Å². The first-order valence-electron chi connectivity index (χ1n) is 11.3. The van der Waals surface area contributed by atoms with Gasteiger partial charge < -0.3 is 14.2 Å². The Kier molecular flexibility index (Phi) is 5.47. The highest BCUT2D eigenvalue weighted by Crippen LogP contribution is 2.55. The van der Waals surface area contributed by atoms with Gasteiger partial charge in [-0.3, -0.25) is 14.5 Å². The second-order valence-electron chi connectivity index (χ2n) is 8.40. The summed E-state index contributed by atoms with van der Waals surface area (Å²) in [6.45, 7) is 2.27. The lowest BCUT2D eigenvalue weighted by molar-refractivity contribution is -0.153. The largest absolute Gasteiger partial charge is 0.491 e. The average molecular weight is 434 g/mol. The number of anilines is 1. The van der Waals surface area contributed by atoms with Gasteiger partial charge in [-0.2, -0.15) is 0 Å². The van der Waals surface area contributed by atoms with Crippen molar-refractivity contribution in [1.29, 1.82) is 0 Å². The Hall–Kier alpha value is -3.12. The van der Waals surface area contributed by atoms with Gasteiger partial charge in [0.15, 0.2) is 5.60 Å². The molecule has 0 N–H and O–H groups in total. The maximum atomic E-state index is 14.0. The molecule has 2 aromatic rings. The molecule has 1 amide bonds. The number of esters is 1. The number of hydrogen-bond acceptors (Lipinski definition) is 5. The van der Waals surface area contributed by atoms with Gasteiger partial charge in [0.1, 0.15) is 18.9 Å². The second-order valence-corrected chi connectivity index (χ2v) is 8.40. The minimum Gasteiger partial charge on any atom is -0.491 e. The highest BCUT2D eigenvalue weighted by molar-refractivity contribution is 6.11. The third-order valence-electron chi connectivity index (χ3n) is 6.47. The molecule has 0 bridgehead atoms. The highest BCUT2D eigenvalue weighted by atomic mass is 16.6. The predicted octanol–water partition coefficient (Wildman–Crippen LogP) is 4.14. The number of amides is 1. The quantitative estimate of drug-likeness (QED) is 0.506. The molecule has 166 valence electrons. The Labute approximate surface area is 187 Å². The summed E-state index contributed by atoms with van der Waals surface area (Å²) in [6, 6.07) is 17.3. The van der Waals surface area contributed by atoms with E-state index in [2.05, 4.69) is 0 Å². The Morgan fingerprint density at radius 3 is 2.72 bits per heavy atom. The van der Waals surface area contributed by atoms with Crippen molar-refractivity contribution in [2.24, 2.45) is 0 Å². The fourth-order valence-corrected chi connectivity index (χ4v) is 5.21. The molecule has 6 nitrogen and oxygen atoms in total. The van der Waals surface area contributed by atoms with Crippen LogP contribution in [0.3, 0.4) is 0 Å². The van der Waals surface area contributed by atoms with Gasteiger partial charge in [-0.25, -0.2) is 0 Å². The number of rotatable bonds is 6. The number of carbonyl (C=O) groups excluding carboxylic acids is 2. The third kappa shape index (κ3) is 3.39. The molecule has 2 aliphatic heterocycles. The van der Waals surface area contributed by atoms with E-state index in [4.69, 9.17) is 14.2 Å². The van der Waals surface area contributed by atoms with Crippen LogP contribution >= 0.6 is 0 Å². The van der Waals surface area contributed by atoms with Crippen LogP contribution in [0.1, 0.15) is 38.2 Å². The zero-order chi connectivity index (χ0) is 22.1. The van der Waals surface area contributed by atoms with Crippen LogP contribution in [0.5, 0.6) is 5.75 Å². The van der Waals surface area contributed by atoms with Crippen LogP contribution in [0.25, 0.3) is 0 Å². The summed E-state index contributed by atoms with van der Waals surface area (Å²) >= 11 is 0. The number of para-hydroxylation sites is 2. The van der Waals surface area contributed by atoms with E-state index in [-0.39, 0.29) is 25.2 Å². The van der Waals surface area contributed by atoms with Gasteiger partial charge in [0.2, 0.25) is 0 Å². The first-order valence-corrected chi connectivity index (χ1v) is 11.3. The predicted molar refractivity (Wildman–Crippen MR) is 119 cm³/mol. The molecule has 32 heavy (non-hydrogen) atoms. The Morgan fingerprint density at radius 1 is 1.12 bits per heavy atom. The molecular formula is C26H27NO5. The monoisotopic (exact) mass is 433 g/mol. The number of ether oxygens (including phenoxy) is 3. The summed E-state index contributed by atoms with van der Waals surface area (Å²) in [5.41, 5.74) is 2.70. The van der Waals surface area contributed by atoms with Gasteiger partial charge in [-0.1, -0.05) is 42.0 Å². The van der Waals surface area contributed by atoms with Crippen LogP contribution in [0.2, 0.25) is 0 Å². The number of nitrogens with zero attached hydrogens (tertiary/aromatic N) is 1. The van der Waals surface area contributed by atoms with E-state index in [0.29, 0.717) is 12.3 Å². The third-order valence-corrected chi connectivity index (χ3v) is 6.47. The van der Waals surface area contributed by atoms with Crippen molar-refractivity contribution >= 4 is 17.6 Å². The smallest absolute Gasteiger partial charge is 0.326 e. The van der Waals surface area contributed by atoms with Crippen LogP contribution in [0, 0.1) is 0 Å². The van der Waals surface area contributed by atoms with Crippen molar-refractivity contribution in [2.75, 3.05) is 24.7 Å².